The number of aliphatic hydroxyl groups is 3. The third-order valence-electron chi connectivity index (χ3n) is 13.9. The van der Waals surface area contributed by atoms with Gasteiger partial charge in [-0.15, -0.1) is 0 Å². The summed E-state index contributed by atoms with van der Waals surface area (Å²) in [6.45, 7) is 28.2. The van der Waals surface area contributed by atoms with Gasteiger partial charge < -0.3 is 29.5 Å². The number of hydrogen-bond donors (Lipinski definition) is 3. The van der Waals surface area contributed by atoms with Crippen LogP contribution in [0.1, 0.15) is 148 Å². The molecule has 0 spiro atoms. The minimum absolute atomic E-state index is 0. The Balaban J connectivity index is -0.000000646. The fourth-order valence-electron chi connectivity index (χ4n) is 9.23. The van der Waals surface area contributed by atoms with Crippen LogP contribution in [-0.4, -0.2) is 123 Å². The van der Waals surface area contributed by atoms with Crippen LogP contribution in [0.15, 0.2) is 0 Å². The molecule has 9 nitrogen and oxygen atoms in total. The van der Waals surface area contributed by atoms with E-state index in [2.05, 4.69) is 126 Å². The van der Waals surface area contributed by atoms with Crippen molar-refractivity contribution in [2.75, 3.05) is 42.5 Å². The van der Waals surface area contributed by atoms with E-state index in [0.29, 0.717) is 32.1 Å². The molecular weight excluding hydrogens is 861 g/mol. The van der Waals surface area contributed by atoms with Gasteiger partial charge in [-0.05, 0) is 102 Å². The molecule has 3 N–H and O–H groups in total. The van der Waals surface area contributed by atoms with Crippen molar-refractivity contribution in [3.8, 4) is 0 Å². The van der Waals surface area contributed by atoms with Crippen LogP contribution in [-0.2, 0) is 112 Å². The van der Waals surface area contributed by atoms with E-state index < -0.39 is 17.4 Å². The number of hydrogen-bond acceptors (Lipinski definition) is 9. The van der Waals surface area contributed by atoms with Gasteiger partial charge in [-0.25, -0.2) is 0 Å². The molecule has 12 heteroatoms. The van der Waals surface area contributed by atoms with Crippen molar-refractivity contribution in [2.45, 2.75) is 198 Å². The maximum atomic E-state index is 10.8. The van der Waals surface area contributed by atoms with Crippen molar-refractivity contribution in [1.82, 2.24) is 14.7 Å². The zero-order valence-corrected chi connectivity index (χ0v) is 44.6. The smallest absolute Gasteiger partial charge is 0.171 e. The molecule has 5 atom stereocenters. The molecule has 3 rings (SSSR count). The number of ether oxygens (including phenoxy) is 3. The zero-order valence-electron chi connectivity index (χ0n) is 36.1. The van der Waals surface area contributed by atoms with Gasteiger partial charge in [-0.1, -0.05) is 34.6 Å². The van der Waals surface area contributed by atoms with Crippen molar-refractivity contribution >= 4 is 0 Å². The quantitative estimate of drug-likeness (QED) is 0.244. The molecule has 50 heavy (non-hydrogen) atoms. The van der Waals surface area contributed by atoms with Crippen molar-refractivity contribution in [3.63, 3.8) is 0 Å². The van der Waals surface area contributed by atoms with Gasteiger partial charge in [0.15, 0.2) is 17.4 Å². The minimum Gasteiger partial charge on any atom is -0.365 e. The zero-order chi connectivity index (χ0) is 37.3. The molecule has 5 unspecified atom stereocenters. The van der Waals surface area contributed by atoms with Crippen LogP contribution in [0, 0.1) is 5.92 Å². The van der Waals surface area contributed by atoms with E-state index in [0.717, 1.165) is 25.7 Å². The average molecular weight is 941 g/mol. The van der Waals surface area contributed by atoms with Crippen molar-refractivity contribution in [1.29, 1.82) is 0 Å². The first-order valence-corrected chi connectivity index (χ1v) is 18.1. The Hall–Kier alpha value is 2.95. The molecule has 3 fully saturated rings. The minimum atomic E-state index is -1.01. The van der Waals surface area contributed by atoms with Gasteiger partial charge >= 0.3 is 0 Å². The number of nitrogens with zero attached hydrogens (tertiary/aromatic N) is 3. The largest absolute Gasteiger partial charge is 0.365 e. The van der Waals surface area contributed by atoms with E-state index in [1.807, 2.05) is 0 Å². The predicted molar refractivity (Wildman–Crippen MR) is 194 cm³/mol. The SMILES string of the molecule is CCC1(C)CC(O)(OC)C(C)C(C)(CC)N1C.CCC1(CC)CC(O)(OC)CC(C)(C)N1C.COC1(O)CC(C)(C)N(C)C(C)(C)C1.[Y].[Y].[Y]. The summed E-state index contributed by atoms with van der Waals surface area (Å²) in [6.07, 6.45) is 7.42. The molecule has 0 aromatic rings. The van der Waals surface area contributed by atoms with Crippen LogP contribution in [0.4, 0.5) is 0 Å². The van der Waals surface area contributed by atoms with E-state index >= 15 is 0 Å². The van der Waals surface area contributed by atoms with Gasteiger partial charge in [0.1, 0.15) is 0 Å². The third-order valence-corrected chi connectivity index (χ3v) is 13.9. The van der Waals surface area contributed by atoms with Crippen LogP contribution in [0.2, 0.25) is 0 Å². The standard InChI is InChI=1S/C14H29NO2.C13H27NO2.C11H23NO2.3Y/c1-8-12(4)10-14(16,17-7)11(3)13(5,9-2)15(12)6;1-7-12(8-2)10-13(15,16-6)9-11(3,4)14(12)5;1-9(2)7-11(13,14-6)8-10(3,4)12(9)5;;;/h11,16H,8-10H2,1-7H3;15H,7-10H2,1-6H3;13H,7-8H2,1-6H3;;;. The molecule has 3 aliphatic rings. The van der Waals surface area contributed by atoms with Crippen LogP contribution in [0.3, 0.4) is 0 Å². The van der Waals surface area contributed by atoms with Gasteiger partial charge in [-0.2, -0.15) is 0 Å². The van der Waals surface area contributed by atoms with Gasteiger partial charge in [-0.3, -0.25) is 14.7 Å². The molecule has 3 heterocycles. The second-order valence-corrected chi connectivity index (χ2v) is 17.6. The van der Waals surface area contributed by atoms with Gasteiger partial charge in [0.2, 0.25) is 0 Å². The predicted octanol–water partition coefficient (Wildman–Crippen LogP) is 6.61. The Labute approximate surface area is 384 Å². The Kier molecular flexibility index (Phi) is 23.6. The monoisotopic (exact) mass is 940 g/mol. The van der Waals surface area contributed by atoms with Crippen LogP contribution in [0.5, 0.6) is 0 Å². The Morgan fingerprint density at radius 3 is 1.18 bits per heavy atom. The first kappa shape index (κ1) is 57.3. The maximum Gasteiger partial charge on any atom is 0.171 e. The molecule has 0 aromatic carbocycles. The summed E-state index contributed by atoms with van der Waals surface area (Å²) in [5, 5.41) is 31.5. The summed E-state index contributed by atoms with van der Waals surface area (Å²) in [7, 11) is 11.3. The van der Waals surface area contributed by atoms with E-state index in [4.69, 9.17) is 14.2 Å². The molecule has 3 radical (unpaired) electrons. The Bertz CT molecular complexity index is 968. The number of rotatable bonds is 7. The fourth-order valence-corrected chi connectivity index (χ4v) is 9.23. The molecule has 0 saturated carbocycles. The second kappa shape index (κ2) is 20.6. The van der Waals surface area contributed by atoms with Crippen LogP contribution < -0.4 is 0 Å². The summed E-state index contributed by atoms with van der Waals surface area (Å²) in [5.74, 6) is -2.86. The summed E-state index contributed by atoms with van der Waals surface area (Å²) in [4.78, 5) is 7.18. The normalized spacial score (nSPS) is 35.8. The van der Waals surface area contributed by atoms with E-state index in [-0.39, 0.29) is 137 Å². The number of likely N-dealkylation sites (tertiary alicyclic amines) is 3. The first-order chi connectivity index (χ1) is 21.1. The fraction of sp³-hybridized carbons (Fsp3) is 1.00. The van der Waals surface area contributed by atoms with E-state index in [1.54, 1.807) is 21.3 Å². The number of piperidine rings is 3. The van der Waals surface area contributed by atoms with Crippen molar-refractivity contribution in [2.24, 2.45) is 5.92 Å². The van der Waals surface area contributed by atoms with E-state index in [9.17, 15) is 15.3 Å². The summed E-state index contributed by atoms with van der Waals surface area (Å²) in [5.41, 5.74) is -0.101. The summed E-state index contributed by atoms with van der Waals surface area (Å²) in [6, 6.07) is 0. The van der Waals surface area contributed by atoms with Gasteiger partial charge in [0.05, 0.1) is 0 Å². The second-order valence-electron chi connectivity index (χ2n) is 17.6. The molecule has 0 aromatic heterocycles. The molecule has 0 bridgehead atoms. The van der Waals surface area contributed by atoms with Gasteiger partial charge in [0.25, 0.3) is 0 Å². The van der Waals surface area contributed by atoms with E-state index in [1.165, 1.54) is 0 Å². The Morgan fingerprint density at radius 1 is 0.520 bits per heavy atom. The molecule has 3 saturated heterocycles. The number of methoxy groups -OCH3 is 3. The third kappa shape index (κ3) is 12.2. The molecule has 0 aliphatic carbocycles. The molecule has 291 valence electrons. The molecule has 0 amide bonds. The first-order valence-electron chi connectivity index (χ1n) is 18.1. The molecular formula is C38H79N3O6Y3. The van der Waals surface area contributed by atoms with Crippen LogP contribution >= 0.6 is 0 Å². The topological polar surface area (TPSA) is 98.1 Å². The van der Waals surface area contributed by atoms with Gasteiger partial charge in [0, 0.05) is 191 Å². The maximum absolute atomic E-state index is 10.8. The van der Waals surface area contributed by atoms with Crippen molar-refractivity contribution in [3.05, 3.63) is 0 Å². The Morgan fingerprint density at radius 2 is 0.880 bits per heavy atom. The summed E-state index contributed by atoms with van der Waals surface area (Å²) < 4.78 is 16.0. The summed E-state index contributed by atoms with van der Waals surface area (Å²) >= 11 is 0. The molecule has 3 aliphatic heterocycles. The average Bonchev–Trinajstić information content (AvgIpc) is 3.00. The van der Waals surface area contributed by atoms with Crippen molar-refractivity contribution < 1.29 is 128 Å². The van der Waals surface area contributed by atoms with Crippen LogP contribution in [0.25, 0.3) is 0 Å².